The molecule has 3 rings (SSSR count). The van der Waals surface area contributed by atoms with Gasteiger partial charge in [-0.2, -0.15) is 5.26 Å². The van der Waals surface area contributed by atoms with E-state index in [-0.39, 0.29) is 5.78 Å². The van der Waals surface area contributed by atoms with E-state index in [4.69, 9.17) is 5.26 Å². The van der Waals surface area contributed by atoms with Gasteiger partial charge in [-0.1, -0.05) is 72.8 Å². The van der Waals surface area contributed by atoms with Crippen molar-refractivity contribution in [3.8, 4) is 6.07 Å². The summed E-state index contributed by atoms with van der Waals surface area (Å²) in [4.78, 5) is 12.6. The second-order valence-electron chi connectivity index (χ2n) is 5.34. The first kappa shape index (κ1) is 15.5. The molecule has 0 unspecified atom stereocenters. The maximum absolute atomic E-state index is 12.6. The van der Waals surface area contributed by atoms with Crippen molar-refractivity contribution in [3.63, 3.8) is 0 Å². The van der Waals surface area contributed by atoms with Gasteiger partial charge in [0.1, 0.15) is 0 Å². The van der Waals surface area contributed by atoms with Crippen LogP contribution in [0.5, 0.6) is 0 Å². The van der Waals surface area contributed by atoms with Gasteiger partial charge in [-0.15, -0.1) is 0 Å². The predicted molar refractivity (Wildman–Crippen MR) is 95.5 cm³/mol. The highest BCUT2D eigenvalue weighted by Gasteiger charge is 2.09. The van der Waals surface area contributed by atoms with Crippen molar-refractivity contribution >= 4 is 11.4 Å². The summed E-state index contributed by atoms with van der Waals surface area (Å²) in [6.45, 7) is 0. The van der Waals surface area contributed by atoms with Crippen LogP contribution in [0.4, 0.5) is 0 Å². The molecule has 3 aromatic rings. The van der Waals surface area contributed by atoms with Crippen molar-refractivity contribution in [2.24, 2.45) is 0 Å². The molecular weight excluding hydrogens is 294 g/mol. The van der Waals surface area contributed by atoms with Gasteiger partial charge in [-0.3, -0.25) is 4.79 Å². The molecule has 0 heterocycles. The summed E-state index contributed by atoms with van der Waals surface area (Å²) in [5.74, 6) is -0.0428. The quantitative estimate of drug-likeness (QED) is 0.509. The molecule has 0 radical (unpaired) electrons. The lowest BCUT2D eigenvalue weighted by atomic mass is 9.95. The number of hydrogen-bond acceptors (Lipinski definition) is 2. The molecule has 0 N–H and O–H groups in total. The van der Waals surface area contributed by atoms with Crippen LogP contribution in [0.1, 0.15) is 27.0 Å². The molecule has 0 amide bonds. The summed E-state index contributed by atoms with van der Waals surface area (Å²) in [7, 11) is 0. The fraction of sp³-hybridized carbons (Fsp3) is 0. The Kier molecular flexibility index (Phi) is 4.65. The SMILES string of the molecule is N#Cc1ccc(/C(=C/C(=O)c2ccccc2)c2ccccc2)cc1. The summed E-state index contributed by atoms with van der Waals surface area (Å²) >= 11 is 0. The summed E-state index contributed by atoms with van der Waals surface area (Å²) in [5.41, 5.74) is 3.96. The Labute approximate surface area is 141 Å². The van der Waals surface area contributed by atoms with Gasteiger partial charge >= 0.3 is 0 Å². The Morgan fingerprint density at radius 2 is 1.21 bits per heavy atom. The molecule has 24 heavy (non-hydrogen) atoms. The van der Waals surface area contributed by atoms with Gasteiger partial charge in [0.25, 0.3) is 0 Å². The van der Waals surface area contributed by atoms with Gasteiger partial charge in [0, 0.05) is 5.56 Å². The maximum Gasteiger partial charge on any atom is 0.186 e. The van der Waals surface area contributed by atoms with Gasteiger partial charge in [0.05, 0.1) is 11.6 Å². The van der Waals surface area contributed by atoms with Crippen LogP contribution >= 0.6 is 0 Å². The molecule has 0 fully saturated rings. The lowest BCUT2D eigenvalue weighted by Gasteiger charge is -2.09. The van der Waals surface area contributed by atoms with Gasteiger partial charge in [-0.05, 0) is 34.9 Å². The van der Waals surface area contributed by atoms with Crippen LogP contribution in [-0.4, -0.2) is 5.78 Å². The van der Waals surface area contributed by atoms with E-state index in [2.05, 4.69) is 6.07 Å². The third-order valence-electron chi connectivity index (χ3n) is 3.74. The fourth-order valence-electron chi connectivity index (χ4n) is 2.49. The molecule has 2 heteroatoms. The van der Waals surface area contributed by atoms with Crippen LogP contribution in [-0.2, 0) is 0 Å². The Bertz CT molecular complexity index is 902. The van der Waals surface area contributed by atoms with Crippen LogP contribution in [0.25, 0.3) is 5.57 Å². The molecule has 0 aliphatic heterocycles. The molecule has 2 nitrogen and oxygen atoms in total. The highest BCUT2D eigenvalue weighted by atomic mass is 16.1. The van der Waals surface area contributed by atoms with Crippen molar-refractivity contribution in [3.05, 3.63) is 113 Å². The molecular formula is C22H15NO. The second kappa shape index (κ2) is 7.21. The number of allylic oxidation sites excluding steroid dienone is 1. The molecule has 0 aliphatic rings. The molecule has 0 spiro atoms. The number of nitrogens with zero attached hydrogens (tertiary/aromatic N) is 1. The molecule has 0 saturated heterocycles. The summed E-state index contributed by atoms with van der Waals surface area (Å²) in [5, 5.41) is 8.96. The Balaban J connectivity index is 2.07. The zero-order valence-corrected chi connectivity index (χ0v) is 13.0. The Morgan fingerprint density at radius 3 is 1.75 bits per heavy atom. The van der Waals surface area contributed by atoms with Crippen LogP contribution in [0.3, 0.4) is 0 Å². The largest absolute Gasteiger partial charge is 0.289 e. The summed E-state index contributed by atoms with van der Waals surface area (Å²) in [6.07, 6.45) is 1.66. The molecule has 114 valence electrons. The number of rotatable bonds is 4. The Morgan fingerprint density at radius 1 is 0.708 bits per heavy atom. The number of hydrogen-bond donors (Lipinski definition) is 0. The van der Waals surface area contributed by atoms with Gasteiger partial charge in [0.2, 0.25) is 0 Å². The molecule has 0 bridgehead atoms. The highest BCUT2D eigenvalue weighted by Crippen LogP contribution is 2.24. The minimum atomic E-state index is -0.0428. The van der Waals surface area contributed by atoms with Gasteiger partial charge in [-0.25, -0.2) is 0 Å². The first-order chi connectivity index (χ1) is 11.8. The number of carbonyl (C=O) groups excluding carboxylic acids is 1. The third-order valence-corrected chi connectivity index (χ3v) is 3.74. The van der Waals surface area contributed by atoms with E-state index in [1.54, 1.807) is 30.3 Å². The van der Waals surface area contributed by atoms with Crippen LogP contribution in [0.2, 0.25) is 0 Å². The van der Waals surface area contributed by atoms with E-state index >= 15 is 0 Å². The van der Waals surface area contributed by atoms with E-state index in [1.807, 2.05) is 60.7 Å². The summed E-state index contributed by atoms with van der Waals surface area (Å²) in [6, 6.07) is 28.4. The zero-order chi connectivity index (χ0) is 16.8. The van der Waals surface area contributed by atoms with Gasteiger partial charge < -0.3 is 0 Å². The number of nitriles is 1. The standard InChI is InChI=1S/C22H15NO/c23-16-17-11-13-19(14-12-17)21(18-7-3-1-4-8-18)15-22(24)20-9-5-2-6-10-20/h1-15H/b21-15+. The van der Waals surface area contributed by atoms with Crippen molar-refractivity contribution in [1.29, 1.82) is 5.26 Å². The molecule has 0 aromatic heterocycles. The van der Waals surface area contributed by atoms with E-state index in [0.717, 1.165) is 16.7 Å². The lowest BCUT2D eigenvalue weighted by molar-refractivity contribution is 0.104. The van der Waals surface area contributed by atoms with E-state index in [9.17, 15) is 4.79 Å². The van der Waals surface area contributed by atoms with E-state index < -0.39 is 0 Å². The Hall–Kier alpha value is -3.44. The number of carbonyl (C=O) groups is 1. The van der Waals surface area contributed by atoms with Crippen molar-refractivity contribution in [2.75, 3.05) is 0 Å². The summed E-state index contributed by atoms with van der Waals surface area (Å²) < 4.78 is 0. The first-order valence-corrected chi connectivity index (χ1v) is 7.65. The highest BCUT2D eigenvalue weighted by molar-refractivity contribution is 6.10. The monoisotopic (exact) mass is 309 g/mol. The zero-order valence-electron chi connectivity index (χ0n) is 13.0. The average molecular weight is 309 g/mol. The minimum absolute atomic E-state index is 0.0428. The number of benzene rings is 3. The fourth-order valence-corrected chi connectivity index (χ4v) is 2.49. The van der Waals surface area contributed by atoms with Crippen molar-refractivity contribution < 1.29 is 4.79 Å². The van der Waals surface area contributed by atoms with Crippen molar-refractivity contribution in [2.45, 2.75) is 0 Å². The second-order valence-corrected chi connectivity index (χ2v) is 5.34. The molecule has 0 saturated carbocycles. The van der Waals surface area contributed by atoms with Gasteiger partial charge in [0.15, 0.2) is 5.78 Å². The maximum atomic E-state index is 12.6. The first-order valence-electron chi connectivity index (χ1n) is 7.65. The molecule has 0 atom stereocenters. The van der Waals surface area contributed by atoms with Crippen LogP contribution in [0, 0.1) is 11.3 Å². The third kappa shape index (κ3) is 3.48. The molecule has 3 aromatic carbocycles. The van der Waals surface area contributed by atoms with Crippen LogP contribution in [0.15, 0.2) is 91.0 Å². The van der Waals surface area contributed by atoms with Crippen molar-refractivity contribution in [1.82, 2.24) is 0 Å². The lowest BCUT2D eigenvalue weighted by Crippen LogP contribution is -1.97. The van der Waals surface area contributed by atoms with Crippen LogP contribution < -0.4 is 0 Å². The molecule has 0 aliphatic carbocycles. The normalized spacial score (nSPS) is 10.9. The predicted octanol–water partition coefficient (Wildman–Crippen LogP) is 4.87. The average Bonchev–Trinajstić information content (AvgIpc) is 2.67. The topological polar surface area (TPSA) is 40.9 Å². The number of ketones is 1. The smallest absolute Gasteiger partial charge is 0.186 e. The van der Waals surface area contributed by atoms with E-state index in [0.29, 0.717) is 11.1 Å². The van der Waals surface area contributed by atoms with E-state index in [1.165, 1.54) is 0 Å². The minimum Gasteiger partial charge on any atom is -0.289 e.